The largest absolute Gasteiger partial charge is 0.466 e. The Hall–Kier alpha value is -1.61. The Kier molecular flexibility index (Phi) is 4.38. The van der Waals surface area contributed by atoms with Gasteiger partial charge in [0.05, 0.1) is 0 Å². The summed E-state index contributed by atoms with van der Waals surface area (Å²) in [6.07, 6.45) is 2.81. The molecule has 0 aliphatic heterocycles. The van der Waals surface area contributed by atoms with Gasteiger partial charge in [-0.25, -0.2) is 0 Å². The zero-order valence-corrected chi connectivity index (χ0v) is 12.2. The zero-order chi connectivity index (χ0) is 13.8. The van der Waals surface area contributed by atoms with E-state index in [0.29, 0.717) is 0 Å². The molecule has 0 saturated carbocycles. The van der Waals surface area contributed by atoms with Crippen LogP contribution < -0.4 is 5.32 Å². The zero-order valence-electron chi connectivity index (χ0n) is 12.2. The third-order valence-corrected chi connectivity index (χ3v) is 3.29. The summed E-state index contributed by atoms with van der Waals surface area (Å²) < 4.78 is 5.64. The molecule has 2 rings (SSSR count). The van der Waals surface area contributed by atoms with Crippen LogP contribution in [0.25, 0.3) is 0 Å². The highest BCUT2D eigenvalue weighted by molar-refractivity contribution is 5.26. The van der Waals surface area contributed by atoms with E-state index in [1.807, 2.05) is 20.0 Å². The minimum absolute atomic E-state index is 0.262. The smallest absolute Gasteiger partial charge is 0.105 e. The lowest BCUT2D eigenvalue weighted by Gasteiger charge is -2.17. The number of likely N-dealkylation sites (N-methyl/N-ethyl adjacent to an activating group) is 1. The molecule has 1 N–H and O–H groups in total. The third kappa shape index (κ3) is 3.44. The van der Waals surface area contributed by atoms with Gasteiger partial charge in [-0.1, -0.05) is 13.0 Å². The van der Waals surface area contributed by atoms with Gasteiger partial charge in [0, 0.05) is 29.9 Å². The monoisotopic (exact) mass is 258 g/mol. The molecule has 0 saturated heterocycles. The van der Waals surface area contributed by atoms with E-state index in [4.69, 9.17) is 4.42 Å². The number of pyridine rings is 1. The van der Waals surface area contributed by atoms with Crippen molar-refractivity contribution in [3.8, 4) is 0 Å². The Bertz CT molecular complexity index is 528. The van der Waals surface area contributed by atoms with Crippen molar-refractivity contribution in [1.29, 1.82) is 0 Å². The summed E-state index contributed by atoms with van der Waals surface area (Å²) in [4.78, 5) is 4.49. The topological polar surface area (TPSA) is 38.1 Å². The number of hydrogen-bond donors (Lipinski definition) is 1. The molecule has 1 atom stereocenters. The fraction of sp³-hybridized carbons (Fsp3) is 0.438. The van der Waals surface area contributed by atoms with Crippen LogP contribution in [0.2, 0.25) is 0 Å². The van der Waals surface area contributed by atoms with Gasteiger partial charge < -0.3 is 9.73 Å². The molecule has 1 unspecified atom stereocenters. The molecule has 0 radical (unpaired) electrons. The van der Waals surface area contributed by atoms with E-state index >= 15 is 0 Å². The van der Waals surface area contributed by atoms with Crippen molar-refractivity contribution in [3.63, 3.8) is 0 Å². The van der Waals surface area contributed by atoms with Gasteiger partial charge in [-0.05, 0) is 45.0 Å². The van der Waals surface area contributed by atoms with Crippen LogP contribution in [0.1, 0.15) is 41.3 Å². The summed E-state index contributed by atoms with van der Waals surface area (Å²) in [5, 5.41) is 3.52. The molecule has 2 aromatic heterocycles. The van der Waals surface area contributed by atoms with Crippen LogP contribution in [-0.4, -0.2) is 11.5 Å². The molecule has 0 spiro atoms. The standard InChI is InChI=1S/C16H22N2O/c1-5-17-16(15-8-12(3)19-13(15)4)9-14-7-6-11(2)10-18-14/h6-8,10,16-17H,5,9H2,1-4H3. The number of nitrogens with one attached hydrogen (secondary N) is 1. The first-order valence-corrected chi connectivity index (χ1v) is 6.82. The minimum Gasteiger partial charge on any atom is -0.466 e. The van der Waals surface area contributed by atoms with E-state index in [1.54, 1.807) is 0 Å². The van der Waals surface area contributed by atoms with Crippen molar-refractivity contribution in [2.24, 2.45) is 0 Å². The first-order chi connectivity index (χ1) is 9.10. The molecular formula is C16H22N2O. The van der Waals surface area contributed by atoms with E-state index in [-0.39, 0.29) is 6.04 Å². The van der Waals surface area contributed by atoms with Crippen LogP contribution in [0, 0.1) is 20.8 Å². The molecule has 3 heteroatoms. The minimum atomic E-state index is 0.262. The average Bonchev–Trinajstić information content (AvgIpc) is 2.71. The van der Waals surface area contributed by atoms with Crippen LogP contribution >= 0.6 is 0 Å². The second-order valence-electron chi connectivity index (χ2n) is 5.01. The Morgan fingerprint density at radius 1 is 1.26 bits per heavy atom. The summed E-state index contributed by atoms with van der Waals surface area (Å²) in [7, 11) is 0. The highest BCUT2D eigenvalue weighted by Gasteiger charge is 2.17. The van der Waals surface area contributed by atoms with Gasteiger partial charge in [0.2, 0.25) is 0 Å². The molecule has 0 aromatic carbocycles. The molecule has 0 bridgehead atoms. The molecule has 0 amide bonds. The summed E-state index contributed by atoms with van der Waals surface area (Å²) in [5.41, 5.74) is 3.54. The number of hydrogen-bond acceptors (Lipinski definition) is 3. The quantitative estimate of drug-likeness (QED) is 0.892. The molecule has 0 aliphatic rings. The van der Waals surface area contributed by atoms with Crippen molar-refractivity contribution in [2.45, 2.75) is 40.2 Å². The molecule has 0 aliphatic carbocycles. The molecule has 2 aromatic rings. The Balaban J connectivity index is 2.20. The first-order valence-electron chi connectivity index (χ1n) is 6.82. The number of aryl methyl sites for hydroxylation is 3. The number of furan rings is 1. The van der Waals surface area contributed by atoms with Gasteiger partial charge in [-0.3, -0.25) is 4.98 Å². The molecule has 19 heavy (non-hydrogen) atoms. The van der Waals surface area contributed by atoms with Crippen LogP contribution in [0.4, 0.5) is 0 Å². The summed E-state index contributed by atoms with van der Waals surface area (Å²) in [5.74, 6) is 1.96. The first kappa shape index (κ1) is 13.8. The van der Waals surface area contributed by atoms with Crippen LogP contribution in [0.3, 0.4) is 0 Å². The van der Waals surface area contributed by atoms with Gasteiger partial charge in [0.25, 0.3) is 0 Å². The lowest BCUT2D eigenvalue weighted by Crippen LogP contribution is -2.23. The average molecular weight is 258 g/mol. The van der Waals surface area contributed by atoms with Gasteiger partial charge in [-0.15, -0.1) is 0 Å². The highest BCUT2D eigenvalue weighted by atomic mass is 16.3. The maximum atomic E-state index is 5.64. The SMILES string of the molecule is CCNC(Cc1ccc(C)cn1)c1cc(C)oc1C. The second kappa shape index (κ2) is 6.02. The van der Waals surface area contributed by atoms with E-state index < -0.39 is 0 Å². The fourth-order valence-corrected chi connectivity index (χ4v) is 2.36. The van der Waals surface area contributed by atoms with Crippen LogP contribution in [0.15, 0.2) is 28.8 Å². The Morgan fingerprint density at radius 3 is 2.58 bits per heavy atom. The van der Waals surface area contributed by atoms with Crippen molar-refractivity contribution < 1.29 is 4.42 Å². The lowest BCUT2D eigenvalue weighted by atomic mass is 10.0. The van der Waals surface area contributed by atoms with Gasteiger partial charge >= 0.3 is 0 Å². The number of aromatic nitrogens is 1. The number of rotatable bonds is 5. The molecule has 3 nitrogen and oxygen atoms in total. The van der Waals surface area contributed by atoms with E-state index in [1.165, 1.54) is 11.1 Å². The van der Waals surface area contributed by atoms with E-state index in [2.05, 4.69) is 42.3 Å². The highest BCUT2D eigenvalue weighted by Crippen LogP contribution is 2.24. The molecule has 102 valence electrons. The Labute approximate surface area is 115 Å². The fourth-order valence-electron chi connectivity index (χ4n) is 2.36. The van der Waals surface area contributed by atoms with Gasteiger partial charge in [0.15, 0.2) is 0 Å². The van der Waals surface area contributed by atoms with Crippen molar-refractivity contribution >= 4 is 0 Å². The summed E-state index contributed by atoms with van der Waals surface area (Å²) in [6.45, 7) is 9.12. The van der Waals surface area contributed by atoms with Crippen LogP contribution in [0.5, 0.6) is 0 Å². The maximum Gasteiger partial charge on any atom is 0.105 e. The van der Waals surface area contributed by atoms with Crippen molar-refractivity contribution in [2.75, 3.05) is 6.54 Å². The molecular weight excluding hydrogens is 236 g/mol. The van der Waals surface area contributed by atoms with E-state index in [0.717, 1.165) is 30.2 Å². The maximum absolute atomic E-state index is 5.64. The predicted molar refractivity (Wildman–Crippen MR) is 77.3 cm³/mol. The summed E-state index contributed by atoms with van der Waals surface area (Å²) in [6, 6.07) is 6.59. The third-order valence-electron chi connectivity index (χ3n) is 3.29. The Morgan fingerprint density at radius 2 is 2.05 bits per heavy atom. The van der Waals surface area contributed by atoms with Crippen molar-refractivity contribution in [1.82, 2.24) is 10.3 Å². The number of nitrogens with zero attached hydrogens (tertiary/aromatic N) is 1. The predicted octanol–water partition coefficient (Wildman–Crippen LogP) is 3.49. The van der Waals surface area contributed by atoms with Gasteiger partial charge in [-0.2, -0.15) is 0 Å². The van der Waals surface area contributed by atoms with Crippen LogP contribution in [-0.2, 0) is 6.42 Å². The van der Waals surface area contributed by atoms with Crippen molar-refractivity contribution in [3.05, 3.63) is 52.7 Å². The van der Waals surface area contributed by atoms with E-state index in [9.17, 15) is 0 Å². The van der Waals surface area contributed by atoms with Gasteiger partial charge in [0.1, 0.15) is 11.5 Å². The lowest BCUT2D eigenvalue weighted by molar-refractivity contribution is 0.483. The molecule has 0 fully saturated rings. The second-order valence-corrected chi connectivity index (χ2v) is 5.01. The normalized spacial score (nSPS) is 12.6. The summed E-state index contributed by atoms with van der Waals surface area (Å²) >= 11 is 0. The molecule has 2 heterocycles.